The first-order chi connectivity index (χ1) is 31.7. The molecule has 0 fully saturated rings. The first-order valence-corrected chi connectivity index (χ1v) is 22.2. The summed E-state index contributed by atoms with van der Waals surface area (Å²) >= 11 is 0. The molecule has 2 nitrogen and oxygen atoms in total. The standard InChI is InChI=1S/C62H43NO/c1-3-17-43(18-4-1)55-33-15-35-59-60-36-16-34-56(62(60)64-61(55)59)45-22-11-21-44(39-45)53-37-38-54(58-31-10-9-30-57(53)58)47-24-13-28-50(41-47)63(48-25-5-2-6-26-48)49-27-12-23-46(40-49)52-32-14-20-42-19-7-8-29-51(42)52/h1,3-5,7-41H,2,6H2. The highest BCUT2D eigenvalue weighted by Crippen LogP contribution is 2.43. The Balaban J connectivity index is 0.935. The second kappa shape index (κ2) is 15.9. The molecule has 0 unspecified atom stereocenters. The van der Waals surface area contributed by atoms with Gasteiger partial charge in [0, 0.05) is 39.0 Å². The summed E-state index contributed by atoms with van der Waals surface area (Å²) in [7, 11) is 0. The van der Waals surface area contributed by atoms with Crippen LogP contribution < -0.4 is 4.90 Å². The van der Waals surface area contributed by atoms with Crippen LogP contribution in [0.2, 0.25) is 0 Å². The molecule has 10 aromatic carbocycles. The van der Waals surface area contributed by atoms with E-state index in [1.807, 2.05) is 0 Å². The number of rotatable bonds is 8. The molecule has 64 heavy (non-hydrogen) atoms. The summed E-state index contributed by atoms with van der Waals surface area (Å²) in [4.78, 5) is 2.42. The van der Waals surface area contributed by atoms with E-state index in [4.69, 9.17) is 4.42 Å². The second-order valence-corrected chi connectivity index (χ2v) is 16.7. The largest absolute Gasteiger partial charge is 0.455 e. The van der Waals surface area contributed by atoms with Crippen LogP contribution in [0.1, 0.15) is 12.8 Å². The van der Waals surface area contributed by atoms with E-state index >= 15 is 0 Å². The van der Waals surface area contributed by atoms with E-state index in [2.05, 4.69) is 242 Å². The normalized spacial score (nSPS) is 12.6. The topological polar surface area (TPSA) is 16.4 Å². The summed E-state index contributed by atoms with van der Waals surface area (Å²) < 4.78 is 6.83. The Hall–Kier alpha value is -8.20. The summed E-state index contributed by atoms with van der Waals surface area (Å²) in [6, 6.07) is 79.1. The zero-order chi connectivity index (χ0) is 42.4. The van der Waals surface area contributed by atoms with Gasteiger partial charge >= 0.3 is 0 Å². The van der Waals surface area contributed by atoms with E-state index in [1.54, 1.807) is 0 Å². The van der Waals surface area contributed by atoms with Crippen LogP contribution >= 0.6 is 0 Å². The molecular formula is C62H43NO. The number of benzene rings is 10. The van der Waals surface area contributed by atoms with E-state index in [0.29, 0.717) is 0 Å². The summed E-state index contributed by atoms with van der Waals surface area (Å²) in [5.41, 5.74) is 16.9. The third kappa shape index (κ3) is 6.60. The van der Waals surface area contributed by atoms with Crippen LogP contribution in [0.4, 0.5) is 11.4 Å². The quantitative estimate of drug-likeness (QED) is 0.152. The van der Waals surface area contributed by atoms with E-state index < -0.39 is 0 Å². The van der Waals surface area contributed by atoms with Gasteiger partial charge in [0.25, 0.3) is 0 Å². The molecule has 11 aromatic rings. The molecule has 0 radical (unpaired) electrons. The predicted octanol–water partition coefficient (Wildman–Crippen LogP) is 17.6. The maximum Gasteiger partial charge on any atom is 0.143 e. The van der Waals surface area contributed by atoms with Crippen LogP contribution in [-0.4, -0.2) is 0 Å². The van der Waals surface area contributed by atoms with Gasteiger partial charge in [0.15, 0.2) is 0 Å². The number of para-hydroxylation sites is 2. The molecule has 2 heteroatoms. The zero-order valence-electron chi connectivity index (χ0n) is 35.3. The van der Waals surface area contributed by atoms with Gasteiger partial charge < -0.3 is 9.32 Å². The van der Waals surface area contributed by atoms with Gasteiger partial charge in [-0.25, -0.2) is 0 Å². The maximum atomic E-state index is 6.83. The van der Waals surface area contributed by atoms with Gasteiger partial charge in [-0.05, 0) is 115 Å². The Morgan fingerprint density at radius 2 is 0.781 bits per heavy atom. The summed E-state index contributed by atoms with van der Waals surface area (Å²) in [6.07, 6.45) is 9.00. The van der Waals surface area contributed by atoms with Crippen molar-refractivity contribution in [1.82, 2.24) is 0 Å². The van der Waals surface area contributed by atoms with Crippen molar-refractivity contribution in [3.63, 3.8) is 0 Å². The third-order valence-corrected chi connectivity index (χ3v) is 12.9. The first kappa shape index (κ1) is 37.6. The molecule has 0 bridgehead atoms. The third-order valence-electron chi connectivity index (χ3n) is 12.9. The van der Waals surface area contributed by atoms with Crippen LogP contribution in [0.5, 0.6) is 0 Å². The lowest BCUT2D eigenvalue weighted by Crippen LogP contribution is -2.16. The Morgan fingerprint density at radius 1 is 0.328 bits per heavy atom. The van der Waals surface area contributed by atoms with Crippen molar-refractivity contribution in [2.75, 3.05) is 4.90 Å². The fraction of sp³-hybridized carbons (Fsp3) is 0.0323. The van der Waals surface area contributed by atoms with Crippen molar-refractivity contribution in [2.24, 2.45) is 0 Å². The molecule has 0 saturated carbocycles. The molecule has 1 aliphatic carbocycles. The van der Waals surface area contributed by atoms with Gasteiger partial charge in [-0.3, -0.25) is 0 Å². The van der Waals surface area contributed by atoms with Crippen molar-refractivity contribution < 1.29 is 4.42 Å². The minimum Gasteiger partial charge on any atom is -0.455 e. The minimum absolute atomic E-state index is 0.909. The van der Waals surface area contributed by atoms with Crippen LogP contribution in [-0.2, 0) is 0 Å². The van der Waals surface area contributed by atoms with Gasteiger partial charge in [-0.1, -0.05) is 200 Å². The molecule has 0 N–H and O–H groups in total. The van der Waals surface area contributed by atoms with Gasteiger partial charge in [0.2, 0.25) is 0 Å². The Labute approximate surface area is 373 Å². The molecule has 0 spiro atoms. The fourth-order valence-corrected chi connectivity index (χ4v) is 9.86. The summed E-state index contributed by atoms with van der Waals surface area (Å²) in [5.74, 6) is 0. The monoisotopic (exact) mass is 817 g/mol. The number of allylic oxidation sites excluding steroid dienone is 3. The molecule has 0 saturated heterocycles. The van der Waals surface area contributed by atoms with Crippen LogP contribution in [0, 0.1) is 0 Å². The molecular weight excluding hydrogens is 775 g/mol. The average molecular weight is 818 g/mol. The number of furan rings is 1. The minimum atomic E-state index is 0.909. The van der Waals surface area contributed by atoms with Gasteiger partial charge in [0.1, 0.15) is 11.2 Å². The highest BCUT2D eigenvalue weighted by molar-refractivity contribution is 6.13. The fourth-order valence-electron chi connectivity index (χ4n) is 9.86. The molecule has 1 aromatic heterocycles. The lowest BCUT2D eigenvalue weighted by atomic mass is 9.90. The summed E-state index contributed by atoms with van der Waals surface area (Å²) in [5, 5.41) is 7.20. The van der Waals surface area contributed by atoms with Gasteiger partial charge in [-0.15, -0.1) is 0 Å². The van der Waals surface area contributed by atoms with Crippen molar-refractivity contribution >= 4 is 54.9 Å². The summed E-state index contributed by atoms with van der Waals surface area (Å²) in [6.45, 7) is 0. The number of hydrogen-bond donors (Lipinski definition) is 0. The van der Waals surface area contributed by atoms with Crippen LogP contribution in [0.15, 0.2) is 247 Å². The second-order valence-electron chi connectivity index (χ2n) is 16.7. The molecule has 1 aliphatic rings. The Kier molecular flexibility index (Phi) is 9.34. The molecule has 0 aliphatic heterocycles. The van der Waals surface area contributed by atoms with Crippen molar-refractivity contribution in [3.05, 3.63) is 242 Å². The van der Waals surface area contributed by atoms with Crippen LogP contribution in [0.25, 0.3) is 99.1 Å². The first-order valence-electron chi connectivity index (χ1n) is 22.2. The highest BCUT2D eigenvalue weighted by Gasteiger charge is 2.19. The Bertz CT molecular complexity index is 3620. The lowest BCUT2D eigenvalue weighted by Gasteiger charge is -2.28. The molecule has 0 atom stereocenters. The van der Waals surface area contributed by atoms with Crippen molar-refractivity contribution in [1.29, 1.82) is 0 Å². The number of anilines is 2. The van der Waals surface area contributed by atoms with Gasteiger partial charge in [0.05, 0.1) is 0 Å². The van der Waals surface area contributed by atoms with Crippen molar-refractivity contribution in [2.45, 2.75) is 12.8 Å². The molecule has 12 rings (SSSR count). The number of hydrogen-bond acceptors (Lipinski definition) is 2. The smallest absolute Gasteiger partial charge is 0.143 e. The lowest BCUT2D eigenvalue weighted by molar-refractivity contribution is 0.671. The zero-order valence-corrected chi connectivity index (χ0v) is 35.3. The predicted molar refractivity (Wildman–Crippen MR) is 271 cm³/mol. The van der Waals surface area contributed by atoms with E-state index in [0.717, 1.165) is 68.4 Å². The molecule has 302 valence electrons. The number of fused-ring (bicyclic) bond motifs is 5. The van der Waals surface area contributed by atoms with E-state index in [9.17, 15) is 0 Å². The average Bonchev–Trinajstić information content (AvgIpc) is 3.76. The molecule has 1 heterocycles. The Morgan fingerprint density at radius 3 is 1.42 bits per heavy atom. The van der Waals surface area contributed by atoms with E-state index in [1.165, 1.54) is 60.6 Å². The van der Waals surface area contributed by atoms with Crippen molar-refractivity contribution in [3.8, 4) is 55.6 Å². The number of nitrogens with zero attached hydrogens (tertiary/aromatic N) is 1. The maximum absolute atomic E-state index is 6.83. The SMILES string of the molecule is C1=CC(N(c2cccc(-c3cccc4ccccc34)c2)c2cccc(-c3ccc(-c4cccc(-c5cccc6c5oc5c(-c7ccccc7)cccc56)c4)c4ccccc34)c2)=CCC1. The van der Waals surface area contributed by atoms with Crippen LogP contribution in [0.3, 0.4) is 0 Å². The van der Waals surface area contributed by atoms with Gasteiger partial charge in [-0.2, -0.15) is 0 Å². The highest BCUT2D eigenvalue weighted by atomic mass is 16.3. The molecule has 0 amide bonds. The van der Waals surface area contributed by atoms with E-state index in [-0.39, 0.29) is 0 Å².